The van der Waals surface area contributed by atoms with Crippen LogP contribution in [0.5, 0.6) is 0 Å². The molecule has 104 valence electrons. The highest BCUT2D eigenvalue weighted by atomic mass is 15.1. The van der Waals surface area contributed by atoms with E-state index >= 15 is 0 Å². The zero-order valence-electron chi connectivity index (χ0n) is 12.1. The van der Waals surface area contributed by atoms with E-state index in [4.69, 9.17) is 5.73 Å². The van der Waals surface area contributed by atoms with Crippen molar-refractivity contribution in [3.8, 4) is 0 Å². The summed E-state index contributed by atoms with van der Waals surface area (Å²) >= 11 is 0. The zero-order chi connectivity index (χ0) is 13.9. The average molecular weight is 266 g/mol. The van der Waals surface area contributed by atoms with Crippen LogP contribution in [-0.2, 0) is 12.8 Å². The molecule has 0 fully saturated rings. The van der Waals surface area contributed by atoms with E-state index in [1.807, 2.05) is 0 Å². The quantitative estimate of drug-likeness (QED) is 0.920. The third kappa shape index (κ3) is 2.44. The maximum absolute atomic E-state index is 5.66. The Morgan fingerprint density at radius 1 is 1.15 bits per heavy atom. The number of anilines is 2. The lowest BCUT2D eigenvalue weighted by molar-refractivity contribution is 0.766. The number of hydrogen-bond acceptors (Lipinski definition) is 2. The van der Waals surface area contributed by atoms with E-state index in [1.54, 1.807) is 0 Å². The highest BCUT2D eigenvalue weighted by Crippen LogP contribution is 2.33. The van der Waals surface area contributed by atoms with Gasteiger partial charge in [0.25, 0.3) is 0 Å². The lowest BCUT2D eigenvalue weighted by Gasteiger charge is -2.31. The van der Waals surface area contributed by atoms with Crippen molar-refractivity contribution in [2.75, 3.05) is 18.0 Å². The first kappa shape index (κ1) is 13.2. The van der Waals surface area contributed by atoms with Crippen molar-refractivity contribution in [2.45, 2.75) is 26.2 Å². The fourth-order valence-corrected chi connectivity index (χ4v) is 3.09. The summed E-state index contributed by atoms with van der Waals surface area (Å²) in [6.45, 7) is 4.00. The summed E-state index contributed by atoms with van der Waals surface area (Å²) in [4.78, 5) is 2.44. The molecule has 2 heteroatoms. The molecule has 3 rings (SSSR count). The molecule has 0 aromatic heterocycles. The summed E-state index contributed by atoms with van der Waals surface area (Å²) < 4.78 is 0. The molecule has 0 atom stereocenters. The Bertz CT molecular complexity index is 604. The second-order valence-electron chi connectivity index (χ2n) is 5.53. The first-order valence-corrected chi connectivity index (χ1v) is 7.44. The molecule has 0 amide bonds. The summed E-state index contributed by atoms with van der Waals surface area (Å²) in [5, 5.41) is 0. The zero-order valence-corrected chi connectivity index (χ0v) is 12.1. The van der Waals surface area contributed by atoms with Crippen molar-refractivity contribution >= 4 is 11.4 Å². The van der Waals surface area contributed by atoms with Gasteiger partial charge in [-0.25, -0.2) is 0 Å². The summed E-state index contributed by atoms with van der Waals surface area (Å²) in [6, 6.07) is 15.5. The van der Waals surface area contributed by atoms with E-state index in [0.29, 0.717) is 6.54 Å². The van der Waals surface area contributed by atoms with Crippen LogP contribution < -0.4 is 10.6 Å². The minimum atomic E-state index is 0.715. The molecular weight excluding hydrogens is 244 g/mol. The highest BCUT2D eigenvalue weighted by Gasteiger charge is 2.17. The van der Waals surface area contributed by atoms with E-state index in [-0.39, 0.29) is 0 Å². The van der Waals surface area contributed by atoms with Crippen molar-refractivity contribution in [2.24, 2.45) is 5.73 Å². The molecule has 2 nitrogen and oxygen atoms in total. The predicted octanol–water partition coefficient (Wildman–Crippen LogP) is 3.58. The molecular formula is C18H22N2. The topological polar surface area (TPSA) is 29.3 Å². The Morgan fingerprint density at radius 3 is 2.80 bits per heavy atom. The van der Waals surface area contributed by atoms with Crippen LogP contribution in [0.3, 0.4) is 0 Å². The first-order valence-electron chi connectivity index (χ1n) is 7.44. The van der Waals surface area contributed by atoms with Gasteiger partial charge in [-0.15, -0.1) is 0 Å². The van der Waals surface area contributed by atoms with Crippen molar-refractivity contribution in [1.82, 2.24) is 0 Å². The van der Waals surface area contributed by atoms with Crippen molar-refractivity contribution in [3.63, 3.8) is 0 Å². The van der Waals surface area contributed by atoms with E-state index in [1.165, 1.54) is 40.9 Å². The van der Waals surface area contributed by atoms with Crippen LogP contribution in [0.2, 0.25) is 0 Å². The second-order valence-corrected chi connectivity index (χ2v) is 5.53. The Morgan fingerprint density at radius 2 is 2.00 bits per heavy atom. The Labute approximate surface area is 121 Å². The van der Waals surface area contributed by atoms with E-state index in [9.17, 15) is 0 Å². The molecule has 0 spiro atoms. The number of hydrogen-bond donors (Lipinski definition) is 1. The molecule has 1 aliphatic heterocycles. The molecule has 0 unspecified atom stereocenters. The Balaban J connectivity index is 1.96. The Kier molecular flexibility index (Phi) is 3.75. The third-order valence-corrected chi connectivity index (χ3v) is 4.16. The largest absolute Gasteiger partial charge is 0.341 e. The molecule has 0 bridgehead atoms. The minimum absolute atomic E-state index is 0.715. The number of benzene rings is 2. The van der Waals surface area contributed by atoms with Gasteiger partial charge in [-0.3, -0.25) is 0 Å². The van der Waals surface area contributed by atoms with Gasteiger partial charge in [0.15, 0.2) is 0 Å². The second kappa shape index (κ2) is 5.68. The summed E-state index contributed by atoms with van der Waals surface area (Å²) in [6.07, 6.45) is 3.38. The third-order valence-electron chi connectivity index (χ3n) is 4.16. The van der Waals surface area contributed by atoms with Crippen LogP contribution >= 0.6 is 0 Å². The molecule has 2 N–H and O–H groups in total. The number of rotatable bonds is 3. The summed E-state index contributed by atoms with van der Waals surface area (Å²) in [5.74, 6) is 0. The lowest BCUT2D eigenvalue weighted by atomic mass is 9.99. The number of aryl methyl sites for hydroxylation is 2. The van der Waals surface area contributed by atoms with Gasteiger partial charge < -0.3 is 10.6 Å². The van der Waals surface area contributed by atoms with Crippen LogP contribution in [0.4, 0.5) is 11.4 Å². The van der Waals surface area contributed by atoms with Crippen LogP contribution in [0.25, 0.3) is 0 Å². The SMILES string of the molecule is Cc1cc(N2CCCc3ccccc32)ccc1CCN. The standard InChI is InChI=1S/C18H22N2/c1-14-13-17(9-8-15(14)10-11-19)20-12-4-6-16-5-2-3-7-18(16)20/h2-3,5,7-9,13H,4,6,10-12,19H2,1H3. The van der Waals surface area contributed by atoms with Gasteiger partial charge in [0.1, 0.15) is 0 Å². The maximum atomic E-state index is 5.66. The van der Waals surface area contributed by atoms with Gasteiger partial charge in [-0.05, 0) is 67.6 Å². The molecule has 0 saturated heterocycles. The van der Waals surface area contributed by atoms with Crippen LogP contribution in [0, 0.1) is 6.92 Å². The van der Waals surface area contributed by atoms with Crippen molar-refractivity contribution in [3.05, 3.63) is 59.2 Å². The molecule has 0 saturated carbocycles. The lowest BCUT2D eigenvalue weighted by Crippen LogP contribution is -2.24. The van der Waals surface area contributed by atoms with Crippen molar-refractivity contribution < 1.29 is 0 Å². The fourth-order valence-electron chi connectivity index (χ4n) is 3.09. The number of nitrogens with two attached hydrogens (primary N) is 1. The normalized spacial score (nSPS) is 14.2. The first-order chi connectivity index (χ1) is 9.79. The number of para-hydroxylation sites is 1. The molecule has 1 heterocycles. The predicted molar refractivity (Wildman–Crippen MR) is 85.7 cm³/mol. The van der Waals surface area contributed by atoms with Crippen molar-refractivity contribution in [1.29, 1.82) is 0 Å². The maximum Gasteiger partial charge on any atom is 0.0443 e. The van der Waals surface area contributed by atoms with Gasteiger partial charge in [-0.1, -0.05) is 24.3 Å². The molecule has 2 aromatic carbocycles. The number of fused-ring (bicyclic) bond motifs is 1. The van der Waals surface area contributed by atoms with Gasteiger partial charge in [0.2, 0.25) is 0 Å². The summed E-state index contributed by atoms with van der Waals surface area (Å²) in [5.41, 5.74) is 12.5. The molecule has 2 aromatic rings. The van der Waals surface area contributed by atoms with Gasteiger partial charge in [-0.2, -0.15) is 0 Å². The minimum Gasteiger partial charge on any atom is -0.341 e. The van der Waals surface area contributed by atoms with E-state index in [0.717, 1.165) is 13.0 Å². The number of nitrogens with zero attached hydrogens (tertiary/aromatic N) is 1. The van der Waals surface area contributed by atoms with Crippen LogP contribution in [0.15, 0.2) is 42.5 Å². The Hall–Kier alpha value is -1.80. The average Bonchev–Trinajstić information content (AvgIpc) is 2.49. The van der Waals surface area contributed by atoms with E-state index < -0.39 is 0 Å². The van der Waals surface area contributed by atoms with Crippen LogP contribution in [-0.4, -0.2) is 13.1 Å². The van der Waals surface area contributed by atoms with Gasteiger partial charge in [0, 0.05) is 17.9 Å². The van der Waals surface area contributed by atoms with Gasteiger partial charge >= 0.3 is 0 Å². The van der Waals surface area contributed by atoms with Gasteiger partial charge in [0.05, 0.1) is 0 Å². The van der Waals surface area contributed by atoms with Crippen LogP contribution in [0.1, 0.15) is 23.1 Å². The smallest absolute Gasteiger partial charge is 0.0443 e. The highest BCUT2D eigenvalue weighted by molar-refractivity contribution is 5.68. The van der Waals surface area contributed by atoms with E-state index in [2.05, 4.69) is 54.3 Å². The molecule has 0 radical (unpaired) electrons. The monoisotopic (exact) mass is 266 g/mol. The molecule has 0 aliphatic carbocycles. The molecule has 20 heavy (non-hydrogen) atoms. The molecule has 1 aliphatic rings. The fraction of sp³-hybridized carbons (Fsp3) is 0.333. The summed E-state index contributed by atoms with van der Waals surface area (Å²) in [7, 11) is 0.